The Morgan fingerprint density at radius 1 is 1.06 bits per heavy atom. The molecule has 0 amide bonds. The molecule has 18 heavy (non-hydrogen) atoms. The quantitative estimate of drug-likeness (QED) is 0.778. The number of aldehydes is 1. The van der Waals surface area contributed by atoms with Gasteiger partial charge in [-0.15, -0.1) is 0 Å². The van der Waals surface area contributed by atoms with Crippen LogP contribution in [0.2, 0.25) is 0 Å². The zero-order valence-electron chi connectivity index (χ0n) is 10.8. The van der Waals surface area contributed by atoms with Crippen molar-refractivity contribution in [2.75, 3.05) is 21.3 Å². The Kier molecular flexibility index (Phi) is 3.14. The van der Waals surface area contributed by atoms with Gasteiger partial charge in [0.15, 0.2) is 17.8 Å². The summed E-state index contributed by atoms with van der Waals surface area (Å²) in [6.45, 7) is 0. The van der Waals surface area contributed by atoms with Gasteiger partial charge in [-0.05, 0) is 6.07 Å². The molecule has 1 heterocycles. The first-order valence-corrected chi connectivity index (χ1v) is 5.41. The highest BCUT2D eigenvalue weighted by Crippen LogP contribution is 2.43. The highest BCUT2D eigenvalue weighted by atomic mass is 16.5. The summed E-state index contributed by atoms with van der Waals surface area (Å²) in [6, 6.07) is 3.59. The topological polar surface area (TPSA) is 49.7 Å². The number of rotatable bonds is 4. The Balaban J connectivity index is 2.89. The van der Waals surface area contributed by atoms with Crippen LogP contribution >= 0.6 is 0 Å². The van der Waals surface area contributed by atoms with Crippen molar-refractivity contribution in [1.82, 2.24) is 4.57 Å². The van der Waals surface area contributed by atoms with Gasteiger partial charge in [0.05, 0.1) is 32.5 Å². The standard InChI is InChI=1S/C13H15NO4/c1-14-8(7-15)5-9-10(14)6-11(16-2)13(18-4)12(9)17-3/h5-7H,1-4H3. The first-order chi connectivity index (χ1) is 8.67. The molecule has 5 nitrogen and oxygen atoms in total. The average Bonchev–Trinajstić information content (AvgIpc) is 2.72. The Morgan fingerprint density at radius 3 is 2.22 bits per heavy atom. The zero-order valence-corrected chi connectivity index (χ0v) is 10.8. The normalized spacial score (nSPS) is 10.4. The molecule has 0 saturated carbocycles. The van der Waals surface area contributed by atoms with Crippen LogP contribution in [-0.2, 0) is 7.05 Å². The Hall–Kier alpha value is -2.17. The fraction of sp³-hybridized carbons (Fsp3) is 0.308. The van der Waals surface area contributed by atoms with Gasteiger partial charge in [-0.2, -0.15) is 0 Å². The Labute approximate surface area is 105 Å². The molecule has 96 valence electrons. The van der Waals surface area contributed by atoms with E-state index in [4.69, 9.17) is 14.2 Å². The van der Waals surface area contributed by atoms with E-state index in [1.54, 1.807) is 32.0 Å². The molecule has 2 aromatic rings. The number of benzene rings is 1. The van der Waals surface area contributed by atoms with Crippen LogP contribution in [0.25, 0.3) is 10.9 Å². The molecule has 1 aromatic heterocycles. The summed E-state index contributed by atoms with van der Waals surface area (Å²) in [6.07, 6.45) is 0.804. The number of aromatic nitrogens is 1. The molecule has 5 heteroatoms. The fourth-order valence-corrected chi connectivity index (χ4v) is 2.08. The predicted octanol–water partition coefficient (Wildman–Crippen LogP) is 2.02. The second-order valence-corrected chi connectivity index (χ2v) is 3.82. The molecule has 0 N–H and O–H groups in total. The smallest absolute Gasteiger partial charge is 0.204 e. The van der Waals surface area contributed by atoms with Crippen molar-refractivity contribution in [1.29, 1.82) is 0 Å². The number of nitrogens with zero attached hydrogens (tertiary/aromatic N) is 1. The van der Waals surface area contributed by atoms with Gasteiger partial charge in [0.25, 0.3) is 0 Å². The lowest BCUT2D eigenvalue weighted by Gasteiger charge is -2.13. The maximum Gasteiger partial charge on any atom is 0.204 e. The molecule has 0 aliphatic heterocycles. The van der Waals surface area contributed by atoms with Crippen LogP contribution in [0.5, 0.6) is 17.2 Å². The van der Waals surface area contributed by atoms with Crippen molar-refractivity contribution in [3.63, 3.8) is 0 Å². The van der Waals surface area contributed by atoms with Crippen molar-refractivity contribution in [3.05, 3.63) is 17.8 Å². The number of ether oxygens (including phenoxy) is 3. The van der Waals surface area contributed by atoms with Gasteiger partial charge < -0.3 is 18.8 Å². The van der Waals surface area contributed by atoms with Crippen molar-refractivity contribution in [2.45, 2.75) is 0 Å². The van der Waals surface area contributed by atoms with E-state index in [2.05, 4.69) is 0 Å². The molecule has 0 saturated heterocycles. The number of hydrogen-bond donors (Lipinski definition) is 0. The molecule has 0 fully saturated rings. The van der Waals surface area contributed by atoms with Crippen LogP contribution in [0, 0.1) is 0 Å². The van der Waals surface area contributed by atoms with E-state index in [9.17, 15) is 4.79 Å². The third kappa shape index (κ3) is 1.59. The van der Waals surface area contributed by atoms with Crippen molar-refractivity contribution < 1.29 is 19.0 Å². The number of methoxy groups -OCH3 is 3. The van der Waals surface area contributed by atoms with E-state index in [1.807, 2.05) is 13.1 Å². The van der Waals surface area contributed by atoms with E-state index in [0.717, 1.165) is 17.2 Å². The van der Waals surface area contributed by atoms with Crippen LogP contribution in [0.3, 0.4) is 0 Å². The molecule has 0 bridgehead atoms. The molecule has 2 rings (SSSR count). The van der Waals surface area contributed by atoms with E-state index in [-0.39, 0.29) is 0 Å². The summed E-state index contributed by atoms with van der Waals surface area (Å²) in [7, 11) is 6.49. The summed E-state index contributed by atoms with van der Waals surface area (Å²) in [5.41, 5.74) is 1.42. The third-order valence-electron chi connectivity index (χ3n) is 3.01. The molecule has 0 aliphatic rings. The number of fused-ring (bicyclic) bond motifs is 1. The lowest BCUT2D eigenvalue weighted by molar-refractivity contribution is 0.111. The molecule has 1 aromatic carbocycles. The minimum absolute atomic E-state index is 0.524. The fourth-order valence-electron chi connectivity index (χ4n) is 2.08. The van der Waals surface area contributed by atoms with Gasteiger partial charge >= 0.3 is 0 Å². The van der Waals surface area contributed by atoms with E-state index >= 15 is 0 Å². The summed E-state index contributed by atoms with van der Waals surface area (Å²) in [5.74, 6) is 1.66. The lowest BCUT2D eigenvalue weighted by atomic mass is 10.2. The Morgan fingerprint density at radius 2 is 1.72 bits per heavy atom. The van der Waals surface area contributed by atoms with Gasteiger partial charge in [0.1, 0.15) is 0 Å². The van der Waals surface area contributed by atoms with Gasteiger partial charge in [-0.1, -0.05) is 0 Å². The van der Waals surface area contributed by atoms with E-state index < -0.39 is 0 Å². The van der Waals surface area contributed by atoms with Crippen LogP contribution in [-0.4, -0.2) is 32.2 Å². The maximum absolute atomic E-state index is 11.0. The highest BCUT2D eigenvalue weighted by molar-refractivity contribution is 5.96. The number of carbonyl (C=O) groups excluding carboxylic acids is 1. The maximum atomic E-state index is 11.0. The molecule has 0 spiro atoms. The van der Waals surface area contributed by atoms with Crippen molar-refractivity contribution >= 4 is 17.2 Å². The number of aryl methyl sites for hydroxylation is 1. The van der Waals surface area contributed by atoms with Gasteiger partial charge in [0.2, 0.25) is 5.75 Å². The summed E-state index contributed by atoms with van der Waals surface area (Å²) in [4.78, 5) is 11.0. The third-order valence-corrected chi connectivity index (χ3v) is 3.01. The van der Waals surface area contributed by atoms with Gasteiger partial charge in [-0.25, -0.2) is 0 Å². The number of hydrogen-bond acceptors (Lipinski definition) is 4. The average molecular weight is 249 g/mol. The van der Waals surface area contributed by atoms with Crippen LogP contribution in [0.15, 0.2) is 12.1 Å². The second-order valence-electron chi connectivity index (χ2n) is 3.82. The minimum Gasteiger partial charge on any atom is -0.493 e. The van der Waals surface area contributed by atoms with Crippen LogP contribution < -0.4 is 14.2 Å². The van der Waals surface area contributed by atoms with Crippen molar-refractivity contribution in [3.8, 4) is 17.2 Å². The van der Waals surface area contributed by atoms with Gasteiger partial charge in [-0.3, -0.25) is 4.79 Å². The second kappa shape index (κ2) is 4.60. The lowest BCUT2D eigenvalue weighted by Crippen LogP contribution is -1.97. The van der Waals surface area contributed by atoms with E-state index in [0.29, 0.717) is 22.9 Å². The van der Waals surface area contributed by atoms with Crippen LogP contribution in [0.1, 0.15) is 10.5 Å². The van der Waals surface area contributed by atoms with Crippen molar-refractivity contribution in [2.24, 2.45) is 7.05 Å². The summed E-state index contributed by atoms with van der Waals surface area (Å²) < 4.78 is 17.7. The molecule has 0 radical (unpaired) electrons. The molecule has 0 aliphatic carbocycles. The van der Waals surface area contributed by atoms with Gasteiger partial charge in [0, 0.05) is 18.5 Å². The first kappa shape index (κ1) is 12.3. The summed E-state index contributed by atoms with van der Waals surface area (Å²) in [5, 5.41) is 0.819. The largest absolute Gasteiger partial charge is 0.493 e. The molecule has 0 unspecified atom stereocenters. The SMILES string of the molecule is COc1cc2c(cc(C=O)n2C)c(OC)c1OC. The predicted molar refractivity (Wildman–Crippen MR) is 68.0 cm³/mol. The summed E-state index contributed by atoms with van der Waals surface area (Å²) >= 11 is 0. The highest BCUT2D eigenvalue weighted by Gasteiger charge is 2.19. The molecular formula is C13H15NO4. The number of carbonyl (C=O) groups is 1. The monoisotopic (exact) mass is 249 g/mol. The molecular weight excluding hydrogens is 234 g/mol. The van der Waals surface area contributed by atoms with Crippen LogP contribution in [0.4, 0.5) is 0 Å². The zero-order chi connectivity index (χ0) is 13.3. The van der Waals surface area contributed by atoms with E-state index in [1.165, 1.54) is 0 Å². The minimum atomic E-state index is 0.524. The Bertz CT molecular complexity index is 601. The first-order valence-electron chi connectivity index (χ1n) is 5.41. The molecule has 0 atom stereocenters.